The van der Waals surface area contributed by atoms with E-state index in [1.807, 2.05) is 6.92 Å². The van der Waals surface area contributed by atoms with Crippen LogP contribution in [0.2, 0.25) is 0 Å². The summed E-state index contributed by atoms with van der Waals surface area (Å²) in [6.45, 7) is 4.08. The van der Waals surface area contributed by atoms with Crippen LogP contribution in [0.15, 0.2) is 5.16 Å². The minimum Gasteiger partial charge on any atom is -0.462 e. The summed E-state index contributed by atoms with van der Waals surface area (Å²) in [6.07, 6.45) is 4.42. The van der Waals surface area contributed by atoms with Gasteiger partial charge in [0.1, 0.15) is 11.9 Å². The average Bonchev–Trinajstić information content (AvgIpc) is 2.76. The Morgan fingerprint density at radius 1 is 1.44 bits per heavy atom. The lowest BCUT2D eigenvalue weighted by molar-refractivity contribution is -0.147. The van der Waals surface area contributed by atoms with Crippen LogP contribution in [-0.2, 0) is 9.53 Å². The van der Waals surface area contributed by atoms with E-state index >= 15 is 0 Å². The summed E-state index contributed by atoms with van der Waals surface area (Å²) in [5, 5.41) is 7.31. The topological polar surface area (TPSA) is 67.9 Å². The van der Waals surface area contributed by atoms with Gasteiger partial charge in [-0.1, -0.05) is 18.7 Å². The zero-order valence-corrected chi connectivity index (χ0v) is 11.6. The fourth-order valence-corrected chi connectivity index (χ4v) is 2.70. The van der Waals surface area contributed by atoms with E-state index in [2.05, 4.69) is 22.1 Å². The largest absolute Gasteiger partial charge is 0.462 e. The second-order valence-electron chi connectivity index (χ2n) is 4.86. The molecule has 18 heavy (non-hydrogen) atoms. The van der Waals surface area contributed by atoms with E-state index < -0.39 is 0 Å². The normalized spacial score (nSPS) is 23.9. The number of thioether (sulfide) groups is 1. The third kappa shape index (κ3) is 4.01. The number of esters is 1. The molecule has 0 atom stereocenters. The number of carbonyl (C=O) groups is 1. The molecular formula is C12H19N3O2S. The third-order valence-corrected chi connectivity index (χ3v) is 3.98. The Bertz CT molecular complexity index is 400. The van der Waals surface area contributed by atoms with Gasteiger partial charge in [0.15, 0.2) is 0 Å². The first kappa shape index (κ1) is 13.4. The molecule has 0 saturated heterocycles. The smallest absolute Gasteiger partial charge is 0.316 e. The van der Waals surface area contributed by atoms with E-state index in [4.69, 9.17) is 4.74 Å². The monoisotopic (exact) mass is 269 g/mol. The van der Waals surface area contributed by atoms with Crippen LogP contribution in [0, 0.1) is 12.8 Å². The van der Waals surface area contributed by atoms with Crippen molar-refractivity contribution >= 4 is 17.7 Å². The molecule has 1 aromatic rings. The molecule has 0 aliphatic heterocycles. The molecule has 0 amide bonds. The van der Waals surface area contributed by atoms with E-state index in [9.17, 15) is 4.79 Å². The van der Waals surface area contributed by atoms with Crippen molar-refractivity contribution in [3.63, 3.8) is 0 Å². The van der Waals surface area contributed by atoms with Gasteiger partial charge in [0, 0.05) is 0 Å². The number of H-pyrrole nitrogens is 1. The number of nitrogens with one attached hydrogen (secondary N) is 1. The highest BCUT2D eigenvalue weighted by Gasteiger charge is 2.21. The zero-order valence-electron chi connectivity index (χ0n) is 10.8. The fourth-order valence-electron chi connectivity index (χ4n) is 2.08. The molecule has 1 aliphatic rings. The number of aryl methyl sites for hydroxylation is 1. The van der Waals surface area contributed by atoms with Crippen molar-refractivity contribution in [2.45, 2.75) is 50.8 Å². The second kappa shape index (κ2) is 6.22. The lowest BCUT2D eigenvalue weighted by Crippen LogP contribution is -2.24. The minimum atomic E-state index is -0.165. The molecule has 0 radical (unpaired) electrons. The van der Waals surface area contributed by atoms with Gasteiger partial charge in [-0.15, -0.1) is 5.10 Å². The van der Waals surface area contributed by atoms with Crippen LogP contribution in [0.5, 0.6) is 0 Å². The summed E-state index contributed by atoms with van der Waals surface area (Å²) >= 11 is 1.31. The van der Waals surface area contributed by atoms with Gasteiger partial charge in [-0.05, 0) is 38.5 Å². The summed E-state index contributed by atoms with van der Waals surface area (Å²) in [5.74, 6) is 1.64. The summed E-state index contributed by atoms with van der Waals surface area (Å²) in [4.78, 5) is 15.8. The predicted molar refractivity (Wildman–Crippen MR) is 69.4 cm³/mol. The van der Waals surface area contributed by atoms with Crippen LogP contribution in [0.25, 0.3) is 0 Å². The van der Waals surface area contributed by atoms with Gasteiger partial charge >= 0.3 is 5.97 Å². The number of hydrogen-bond donors (Lipinski definition) is 1. The number of carbonyl (C=O) groups excluding carboxylic acids is 1. The number of rotatable bonds is 4. The van der Waals surface area contributed by atoms with Crippen molar-refractivity contribution in [1.29, 1.82) is 0 Å². The van der Waals surface area contributed by atoms with Gasteiger partial charge in [0.25, 0.3) is 0 Å². The predicted octanol–water partition coefficient (Wildman–Crippen LogP) is 2.33. The van der Waals surface area contributed by atoms with Crippen molar-refractivity contribution < 1.29 is 9.53 Å². The molecule has 1 N–H and O–H groups in total. The maximum Gasteiger partial charge on any atom is 0.316 e. The highest BCUT2D eigenvalue weighted by Crippen LogP contribution is 2.26. The van der Waals surface area contributed by atoms with Crippen LogP contribution in [0.1, 0.15) is 38.4 Å². The molecule has 0 unspecified atom stereocenters. The first-order chi connectivity index (χ1) is 8.63. The Balaban J connectivity index is 1.69. The summed E-state index contributed by atoms with van der Waals surface area (Å²) in [6, 6.07) is 0. The molecule has 100 valence electrons. The van der Waals surface area contributed by atoms with Crippen molar-refractivity contribution in [3.8, 4) is 0 Å². The molecule has 1 aromatic heterocycles. The van der Waals surface area contributed by atoms with Crippen LogP contribution in [0.4, 0.5) is 0 Å². The quantitative estimate of drug-likeness (QED) is 0.671. The molecule has 0 spiro atoms. The van der Waals surface area contributed by atoms with Gasteiger partial charge in [-0.25, -0.2) is 4.98 Å². The Labute approximate surface area is 111 Å². The maximum absolute atomic E-state index is 11.7. The molecule has 0 bridgehead atoms. The standard InChI is InChI=1S/C12H19N3O2S/c1-8-3-5-10(6-4-8)17-11(16)7-18-12-13-9(2)14-15-12/h8,10H,3-7H2,1-2H3,(H,13,14,15). The second-order valence-corrected chi connectivity index (χ2v) is 5.81. The number of hydrogen-bond acceptors (Lipinski definition) is 5. The lowest BCUT2D eigenvalue weighted by Gasteiger charge is -2.25. The van der Waals surface area contributed by atoms with Gasteiger partial charge in [0.05, 0.1) is 5.75 Å². The highest BCUT2D eigenvalue weighted by atomic mass is 32.2. The van der Waals surface area contributed by atoms with E-state index in [1.54, 1.807) is 0 Å². The fraction of sp³-hybridized carbons (Fsp3) is 0.750. The van der Waals surface area contributed by atoms with Gasteiger partial charge in [-0.2, -0.15) is 0 Å². The highest BCUT2D eigenvalue weighted by molar-refractivity contribution is 7.99. The molecular weight excluding hydrogens is 250 g/mol. The minimum absolute atomic E-state index is 0.114. The van der Waals surface area contributed by atoms with E-state index in [0.717, 1.165) is 37.4 Å². The van der Waals surface area contributed by atoms with Crippen LogP contribution in [-0.4, -0.2) is 33.0 Å². The molecule has 1 fully saturated rings. The number of ether oxygens (including phenoxy) is 1. The van der Waals surface area contributed by atoms with Gasteiger partial charge in [-0.3, -0.25) is 9.89 Å². The summed E-state index contributed by atoms with van der Waals surface area (Å²) in [5.41, 5.74) is 0. The number of aromatic amines is 1. The molecule has 1 heterocycles. The molecule has 0 aromatic carbocycles. The molecule has 1 saturated carbocycles. The molecule has 1 aliphatic carbocycles. The van der Waals surface area contributed by atoms with Crippen molar-refractivity contribution in [2.75, 3.05) is 5.75 Å². The average molecular weight is 269 g/mol. The van der Waals surface area contributed by atoms with E-state index in [0.29, 0.717) is 5.16 Å². The van der Waals surface area contributed by atoms with Crippen LogP contribution < -0.4 is 0 Å². The first-order valence-corrected chi connectivity index (χ1v) is 7.33. The van der Waals surface area contributed by atoms with Crippen molar-refractivity contribution in [1.82, 2.24) is 15.2 Å². The SMILES string of the molecule is Cc1nc(SCC(=O)OC2CCC(C)CC2)n[nH]1. The summed E-state index contributed by atoms with van der Waals surface area (Å²) < 4.78 is 5.44. The molecule has 6 heteroatoms. The Morgan fingerprint density at radius 3 is 2.78 bits per heavy atom. The van der Waals surface area contributed by atoms with Gasteiger partial charge < -0.3 is 4.74 Å². The van der Waals surface area contributed by atoms with Crippen molar-refractivity contribution in [2.24, 2.45) is 5.92 Å². The van der Waals surface area contributed by atoms with E-state index in [-0.39, 0.29) is 17.8 Å². The Morgan fingerprint density at radius 2 is 2.17 bits per heavy atom. The van der Waals surface area contributed by atoms with Crippen LogP contribution >= 0.6 is 11.8 Å². The van der Waals surface area contributed by atoms with E-state index in [1.165, 1.54) is 11.8 Å². The zero-order chi connectivity index (χ0) is 13.0. The Kier molecular flexibility index (Phi) is 4.63. The van der Waals surface area contributed by atoms with Crippen LogP contribution in [0.3, 0.4) is 0 Å². The van der Waals surface area contributed by atoms with Crippen molar-refractivity contribution in [3.05, 3.63) is 5.82 Å². The maximum atomic E-state index is 11.7. The summed E-state index contributed by atoms with van der Waals surface area (Å²) in [7, 11) is 0. The first-order valence-electron chi connectivity index (χ1n) is 6.35. The number of aromatic nitrogens is 3. The Hall–Kier alpha value is -1.04. The third-order valence-electron chi connectivity index (χ3n) is 3.16. The lowest BCUT2D eigenvalue weighted by atomic mass is 9.89. The molecule has 5 nitrogen and oxygen atoms in total. The number of nitrogens with zero attached hydrogens (tertiary/aromatic N) is 2. The van der Waals surface area contributed by atoms with Gasteiger partial charge in [0.2, 0.25) is 5.16 Å². The molecule has 2 rings (SSSR count).